The van der Waals surface area contributed by atoms with Gasteiger partial charge < -0.3 is 24.8 Å². The monoisotopic (exact) mass is 758 g/mol. The van der Waals surface area contributed by atoms with Crippen molar-refractivity contribution >= 4 is 23.6 Å². The molecule has 1 aromatic heterocycles. The van der Waals surface area contributed by atoms with Gasteiger partial charge in [-0.15, -0.1) is 5.10 Å². The molecular formula is C39H37F3N6O5S. The van der Waals surface area contributed by atoms with Gasteiger partial charge in [-0.25, -0.2) is 0 Å². The zero-order chi connectivity index (χ0) is 37.7. The molecule has 5 aromatic rings. The van der Waals surface area contributed by atoms with Crippen LogP contribution < -0.4 is 5.32 Å². The maximum Gasteiger partial charge on any atom is 0.471 e. The molecule has 0 radical (unpaired) electrons. The summed E-state index contributed by atoms with van der Waals surface area (Å²) in [6.07, 6.45) is -5.19. The fourth-order valence-corrected chi connectivity index (χ4v) is 7.62. The first-order valence-corrected chi connectivity index (χ1v) is 18.5. The van der Waals surface area contributed by atoms with Crippen LogP contribution in [0.5, 0.6) is 0 Å². The highest BCUT2D eigenvalue weighted by Gasteiger charge is 2.47. The Hall–Kier alpha value is -5.09. The first-order valence-electron chi connectivity index (χ1n) is 17.5. The Morgan fingerprint density at radius 2 is 1.63 bits per heavy atom. The highest BCUT2D eigenvalue weighted by atomic mass is 32.2. The van der Waals surface area contributed by atoms with Gasteiger partial charge in [0.25, 0.3) is 0 Å². The largest absolute Gasteiger partial charge is 0.471 e. The van der Waals surface area contributed by atoms with E-state index in [4.69, 9.17) is 9.47 Å². The van der Waals surface area contributed by atoms with E-state index in [1.165, 1.54) is 11.8 Å². The van der Waals surface area contributed by atoms with Crippen molar-refractivity contribution in [2.24, 2.45) is 0 Å². The summed E-state index contributed by atoms with van der Waals surface area (Å²) in [4.78, 5) is 25.5. The summed E-state index contributed by atoms with van der Waals surface area (Å²) in [6.45, 7) is -0.102. The number of hydrogen-bond acceptors (Lipinski definition) is 9. The summed E-state index contributed by atoms with van der Waals surface area (Å²) < 4.78 is 54.1. The van der Waals surface area contributed by atoms with Crippen LogP contribution in [-0.2, 0) is 32.2 Å². The zero-order valence-corrected chi connectivity index (χ0v) is 29.7. The number of alkyl halides is 3. The third-order valence-corrected chi connectivity index (χ3v) is 10.5. The molecule has 15 heteroatoms. The molecule has 2 saturated heterocycles. The number of ether oxygens (including phenoxy) is 2. The van der Waals surface area contributed by atoms with Crippen molar-refractivity contribution in [3.8, 4) is 16.8 Å². The highest BCUT2D eigenvalue weighted by Crippen LogP contribution is 2.40. The van der Waals surface area contributed by atoms with Gasteiger partial charge >= 0.3 is 12.1 Å². The lowest BCUT2D eigenvalue weighted by atomic mass is 9.97. The number of nitrogens with zero attached hydrogens (tertiary/aromatic N) is 5. The van der Waals surface area contributed by atoms with Crippen LogP contribution in [-0.4, -0.2) is 72.6 Å². The topological polar surface area (TPSA) is 132 Å². The average molecular weight is 759 g/mol. The number of tetrazole rings is 1. The van der Waals surface area contributed by atoms with Crippen molar-refractivity contribution in [2.45, 2.75) is 68.3 Å². The summed E-state index contributed by atoms with van der Waals surface area (Å²) in [5.41, 5.74) is 5.84. The smallest absolute Gasteiger partial charge is 0.392 e. The van der Waals surface area contributed by atoms with Crippen LogP contribution in [0.3, 0.4) is 0 Å². The number of nitrogens with one attached hydrogen (secondary N) is 1. The number of aliphatic hydroxyl groups excluding tert-OH is 1. The maximum absolute atomic E-state index is 13.1. The van der Waals surface area contributed by atoms with Gasteiger partial charge in [0.2, 0.25) is 11.1 Å². The van der Waals surface area contributed by atoms with Gasteiger partial charge in [-0.05, 0) is 63.2 Å². The molecule has 7 rings (SSSR count). The molecule has 2 fully saturated rings. The van der Waals surface area contributed by atoms with Crippen molar-refractivity contribution in [3.05, 3.63) is 125 Å². The number of para-hydroxylation sites is 1. The van der Waals surface area contributed by atoms with Crippen molar-refractivity contribution in [1.82, 2.24) is 30.4 Å². The van der Waals surface area contributed by atoms with E-state index in [0.717, 1.165) is 39.1 Å². The lowest BCUT2D eigenvalue weighted by Gasteiger charge is -2.36. The standard InChI is InChI=1S/C39H37F3N6O5S/c40-39(41,42)37(51)47-20-6-11-33(47)35(50)43-22-29-7-4-5-10-32(29)26-16-18-28(19-17-26)36-52-31(21-34(53-36)27-14-12-25(23-49)13-15-27)24-54-38-44-45-46-48(38)30-8-2-1-3-9-30/h1-5,7-10,12-19,31,33-34,36,49H,6,11,20-24H2,(H,43,50). The van der Waals surface area contributed by atoms with Crippen molar-refractivity contribution in [2.75, 3.05) is 12.3 Å². The number of aromatic nitrogens is 4. The Morgan fingerprint density at radius 1 is 0.907 bits per heavy atom. The number of hydrogen-bond donors (Lipinski definition) is 2. The van der Waals surface area contributed by atoms with E-state index >= 15 is 0 Å². The minimum absolute atomic E-state index is 0.0587. The Labute approximate surface area is 313 Å². The summed E-state index contributed by atoms with van der Waals surface area (Å²) in [6, 6.07) is 31.3. The third-order valence-electron chi connectivity index (χ3n) is 9.48. The molecule has 2 aliphatic rings. The SMILES string of the molecule is O=C(NCc1ccccc1-c1ccc(C2OC(CSc3nnnn3-c3ccccc3)CC(c3ccc(CO)cc3)O2)cc1)C1CCCN1C(=O)C(F)(F)F. The number of carbonyl (C=O) groups is 2. The lowest BCUT2D eigenvalue weighted by Crippen LogP contribution is -2.50. The van der Waals surface area contributed by atoms with Gasteiger partial charge in [-0.3, -0.25) is 9.59 Å². The van der Waals surface area contributed by atoms with Gasteiger partial charge in [-0.2, -0.15) is 17.9 Å². The molecule has 3 heterocycles. The summed E-state index contributed by atoms with van der Waals surface area (Å²) in [5.74, 6) is -2.06. The lowest BCUT2D eigenvalue weighted by molar-refractivity contribution is -0.245. The van der Waals surface area contributed by atoms with E-state index in [0.29, 0.717) is 28.7 Å². The van der Waals surface area contributed by atoms with Crippen molar-refractivity contribution < 1.29 is 37.3 Å². The van der Waals surface area contributed by atoms with E-state index in [2.05, 4.69) is 20.8 Å². The maximum atomic E-state index is 13.1. The minimum Gasteiger partial charge on any atom is -0.392 e. The number of halogens is 3. The van der Waals surface area contributed by atoms with Crippen molar-refractivity contribution in [3.63, 3.8) is 0 Å². The Bertz CT molecular complexity index is 2050. The number of benzene rings is 4. The summed E-state index contributed by atoms with van der Waals surface area (Å²) in [5, 5.41) is 25.2. The molecule has 0 bridgehead atoms. The molecule has 2 amide bonds. The molecule has 54 heavy (non-hydrogen) atoms. The van der Waals surface area contributed by atoms with Gasteiger partial charge in [-0.1, -0.05) is 103 Å². The Morgan fingerprint density at radius 3 is 2.37 bits per heavy atom. The van der Waals surface area contributed by atoms with Gasteiger partial charge in [0, 0.05) is 30.8 Å². The third kappa shape index (κ3) is 8.49. The van der Waals surface area contributed by atoms with E-state index < -0.39 is 30.3 Å². The molecule has 0 saturated carbocycles. The fraction of sp³-hybridized carbons (Fsp3) is 0.308. The molecule has 0 spiro atoms. The second-order valence-electron chi connectivity index (χ2n) is 13.0. The molecular weight excluding hydrogens is 722 g/mol. The van der Waals surface area contributed by atoms with Crippen LogP contribution in [0.25, 0.3) is 16.8 Å². The molecule has 2 N–H and O–H groups in total. The van der Waals surface area contributed by atoms with Crippen LogP contribution in [0, 0.1) is 0 Å². The predicted molar refractivity (Wildman–Crippen MR) is 193 cm³/mol. The second kappa shape index (κ2) is 16.5. The van der Waals surface area contributed by atoms with Gasteiger partial charge in [0.15, 0.2) is 6.29 Å². The Kier molecular flexibility index (Phi) is 11.4. The van der Waals surface area contributed by atoms with Crippen LogP contribution in [0.4, 0.5) is 13.2 Å². The van der Waals surface area contributed by atoms with E-state index in [-0.39, 0.29) is 38.3 Å². The molecule has 4 unspecified atom stereocenters. The highest BCUT2D eigenvalue weighted by molar-refractivity contribution is 7.99. The molecule has 4 atom stereocenters. The molecule has 4 aromatic carbocycles. The summed E-state index contributed by atoms with van der Waals surface area (Å²) >= 11 is 1.49. The van der Waals surface area contributed by atoms with Crippen LogP contribution in [0.15, 0.2) is 108 Å². The molecule has 0 aliphatic carbocycles. The number of likely N-dealkylation sites (tertiary alicyclic amines) is 1. The number of amides is 2. The van der Waals surface area contributed by atoms with E-state index in [1.807, 2.05) is 103 Å². The number of aliphatic hydroxyl groups is 1. The van der Waals surface area contributed by atoms with Crippen LogP contribution in [0.2, 0.25) is 0 Å². The van der Waals surface area contributed by atoms with Crippen molar-refractivity contribution in [1.29, 1.82) is 0 Å². The zero-order valence-electron chi connectivity index (χ0n) is 28.9. The quantitative estimate of drug-likeness (QED) is 0.149. The van der Waals surface area contributed by atoms with E-state index in [1.54, 1.807) is 4.68 Å². The number of carbonyl (C=O) groups excluding carboxylic acids is 2. The molecule has 2 aliphatic heterocycles. The number of thioether (sulfide) groups is 1. The normalized spacial score (nSPS) is 20.2. The second-order valence-corrected chi connectivity index (χ2v) is 14.0. The summed E-state index contributed by atoms with van der Waals surface area (Å²) in [7, 11) is 0. The van der Waals surface area contributed by atoms with Crippen LogP contribution >= 0.6 is 11.8 Å². The Balaban J connectivity index is 1.06. The van der Waals surface area contributed by atoms with E-state index in [9.17, 15) is 27.9 Å². The molecule has 11 nitrogen and oxygen atoms in total. The fourth-order valence-electron chi connectivity index (χ4n) is 6.71. The number of rotatable bonds is 11. The first-order chi connectivity index (χ1) is 26.2. The van der Waals surface area contributed by atoms with Gasteiger partial charge in [0.05, 0.1) is 24.5 Å². The van der Waals surface area contributed by atoms with Gasteiger partial charge in [0.1, 0.15) is 6.04 Å². The molecule has 280 valence electrons. The predicted octanol–water partition coefficient (Wildman–Crippen LogP) is 6.33. The average Bonchev–Trinajstić information content (AvgIpc) is 3.90. The minimum atomic E-state index is -5.04. The first kappa shape index (κ1) is 37.2. The van der Waals surface area contributed by atoms with Crippen LogP contribution in [0.1, 0.15) is 53.9 Å².